The number of rotatable bonds is 15. The molecule has 0 atom stereocenters. The summed E-state index contributed by atoms with van der Waals surface area (Å²) in [6.07, 6.45) is 8.28. The average Bonchev–Trinajstić information content (AvgIpc) is 2.95. The first-order valence-electron chi connectivity index (χ1n) is 15.3. The molecule has 0 aliphatic carbocycles. The first-order chi connectivity index (χ1) is 21.0. The Labute approximate surface area is 265 Å². The Bertz CT molecular complexity index is 1370. The summed E-state index contributed by atoms with van der Waals surface area (Å²) in [5.74, 6) is 0. The van der Waals surface area contributed by atoms with Gasteiger partial charge < -0.3 is 0 Å². The van der Waals surface area contributed by atoms with Gasteiger partial charge in [-0.05, 0) is 84.7 Å². The van der Waals surface area contributed by atoms with E-state index in [1.165, 1.54) is 5.01 Å². The molecule has 0 aliphatic rings. The van der Waals surface area contributed by atoms with Gasteiger partial charge in [0.05, 0.1) is 38.3 Å². The maximum absolute atomic E-state index is 12.0. The molecule has 1 radical (unpaired) electrons. The van der Waals surface area contributed by atoms with Crippen molar-refractivity contribution in [2.24, 2.45) is 10.8 Å². The van der Waals surface area contributed by atoms with Crippen LogP contribution in [0.4, 0.5) is 34.1 Å². The van der Waals surface area contributed by atoms with Gasteiger partial charge in [0.2, 0.25) is 5.69 Å². The summed E-state index contributed by atoms with van der Waals surface area (Å²) in [5, 5.41) is 36.7. The summed E-state index contributed by atoms with van der Waals surface area (Å²) in [7, 11) is 0. The number of benzene rings is 3. The molecule has 45 heavy (non-hydrogen) atoms. The van der Waals surface area contributed by atoms with Crippen LogP contribution in [0.15, 0.2) is 60.7 Å². The third-order valence-electron chi connectivity index (χ3n) is 7.50. The fraction of sp³-hybridized carbons (Fsp3) is 0.471. The van der Waals surface area contributed by atoms with Crippen molar-refractivity contribution in [2.75, 3.05) is 5.01 Å². The van der Waals surface area contributed by atoms with Crippen LogP contribution in [0.5, 0.6) is 0 Å². The molecule has 241 valence electrons. The molecule has 0 N–H and O–H groups in total. The Hall–Kier alpha value is -4.54. The fourth-order valence-electron chi connectivity index (χ4n) is 5.02. The van der Waals surface area contributed by atoms with Crippen LogP contribution >= 0.6 is 0 Å². The molecule has 11 nitrogen and oxygen atoms in total. The van der Waals surface area contributed by atoms with E-state index in [0.717, 1.165) is 62.5 Å². The van der Waals surface area contributed by atoms with E-state index in [0.29, 0.717) is 23.5 Å². The zero-order valence-electron chi connectivity index (χ0n) is 27.1. The first kappa shape index (κ1) is 34.9. The monoisotopic (exact) mass is 618 g/mol. The van der Waals surface area contributed by atoms with Gasteiger partial charge in [0.1, 0.15) is 0 Å². The normalized spacial score (nSPS) is 11.7. The number of hydrogen-bond donors (Lipinski definition) is 0. The maximum Gasteiger partial charge on any atom is 0.310 e. The minimum atomic E-state index is -0.901. The SMILES string of the molecule is CC(C)(C)CCCCc1ccc(N([N]c2c([N+](=O)[O-])cc([N+](=O)[O-])cc2[N+](=O)[O-])c2ccc(CCCCC(C)(C)C)cc2)cc1. The summed E-state index contributed by atoms with van der Waals surface area (Å²) in [6, 6.07) is 16.5. The summed E-state index contributed by atoms with van der Waals surface area (Å²) in [4.78, 5) is 32.7. The van der Waals surface area contributed by atoms with Crippen LogP contribution in [0, 0.1) is 41.2 Å². The molecule has 0 amide bonds. The van der Waals surface area contributed by atoms with Crippen molar-refractivity contribution < 1.29 is 14.8 Å². The van der Waals surface area contributed by atoms with Crippen LogP contribution in [0.1, 0.15) is 91.2 Å². The summed E-state index contributed by atoms with van der Waals surface area (Å²) in [5.41, 5.74) is 5.30. The van der Waals surface area contributed by atoms with E-state index >= 15 is 0 Å². The number of aryl methyl sites for hydroxylation is 2. The number of nitro groups is 3. The second-order valence-corrected chi connectivity index (χ2v) is 13.9. The summed E-state index contributed by atoms with van der Waals surface area (Å²) >= 11 is 0. The van der Waals surface area contributed by atoms with Gasteiger partial charge in [-0.2, -0.15) is 5.43 Å². The largest absolute Gasteiger partial charge is 0.310 e. The minimum absolute atomic E-state index is 0.275. The van der Waals surface area contributed by atoms with Gasteiger partial charge in [0, 0.05) is 0 Å². The molecule has 0 aliphatic heterocycles. The van der Waals surface area contributed by atoms with Crippen molar-refractivity contribution >= 4 is 34.1 Å². The highest BCUT2D eigenvalue weighted by molar-refractivity contribution is 5.76. The van der Waals surface area contributed by atoms with Crippen molar-refractivity contribution in [3.05, 3.63) is 102 Å². The van der Waals surface area contributed by atoms with E-state index in [2.05, 4.69) is 47.0 Å². The molecule has 3 aromatic rings. The van der Waals surface area contributed by atoms with E-state index in [1.807, 2.05) is 48.5 Å². The number of non-ortho nitro benzene ring substituents is 1. The van der Waals surface area contributed by atoms with Crippen LogP contribution in [0.3, 0.4) is 0 Å². The Morgan fingerprint density at radius 1 is 0.600 bits per heavy atom. The molecular formula is C34H44N5O6. The Balaban J connectivity index is 1.96. The molecule has 0 saturated carbocycles. The number of unbranched alkanes of at least 4 members (excludes halogenated alkanes) is 2. The van der Waals surface area contributed by atoms with Gasteiger partial charge >= 0.3 is 11.4 Å². The number of hydrogen-bond acceptors (Lipinski definition) is 7. The molecule has 0 bridgehead atoms. The standard InChI is InChI=1S/C34H44N5O6/c1-33(2,3)21-9-7-11-25-13-17-27(18-14-25)36(28-19-15-26(16-20-28)12-8-10-22-34(4,5)6)35-32-30(38(42)43)23-29(37(40)41)24-31(32)39(44)45/h13-20,23-24H,7-12,21-22H2,1-6H3. The van der Waals surface area contributed by atoms with Crippen LogP contribution in [0.25, 0.3) is 0 Å². The third kappa shape index (κ3) is 10.8. The molecule has 0 aromatic heterocycles. The van der Waals surface area contributed by atoms with Crippen LogP contribution < -0.4 is 10.4 Å². The highest BCUT2D eigenvalue weighted by Gasteiger charge is 2.33. The van der Waals surface area contributed by atoms with E-state index < -0.39 is 37.5 Å². The number of nitrogens with zero attached hydrogens (tertiary/aromatic N) is 5. The number of anilines is 2. The van der Waals surface area contributed by atoms with E-state index in [1.54, 1.807) is 0 Å². The lowest BCUT2D eigenvalue weighted by molar-refractivity contribution is -0.402. The molecule has 0 saturated heterocycles. The lowest BCUT2D eigenvalue weighted by atomic mass is 9.89. The lowest BCUT2D eigenvalue weighted by Gasteiger charge is -2.24. The van der Waals surface area contributed by atoms with Crippen molar-refractivity contribution in [3.8, 4) is 0 Å². The molecule has 0 unspecified atom stereocenters. The van der Waals surface area contributed by atoms with E-state index in [-0.39, 0.29) is 10.8 Å². The highest BCUT2D eigenvalue weighted by atomic mass is 16.6. The molecule has 0 spiro atoms. The predicted octanol–water partition coefficient (Wildman–Crippen LogP) is 9.92. The maximum atomic E-state index is 12.0. The van der Waals surface area contributed by atoms with E-state index in [4.69, 9.17) is 0 Å². The molecule has 0 fully saturated rings. The van der Waals surface area contributed by atoms with Gasteiger partial charge in [-0.25, -0.2) is 5.01 Å². The smallest absolute Gasteiger partial charge is 0.258 e. The first-order valence-corrected chi connectivity index (χ1v) is 15.3. The zero-order valence-corrected chi connectivity index (χ0v) is 27.1. The van der Waals surface area contributed by atoms with Crippen LogP contribution in [-0.4, -0.2) is 14.8 Å². The molecule has 11 heteroatoms. The Kier molecular flexibility index (Phi) is 11.6. The lowest BCUT2D eigenvalue weighted by Crippen LogP contribution is -2.24. The Morgan fingerprint density at radius 2 is 0.978 bits per heavy atom. The molecular weight excluding hydrogens is 574 g/mol. The Morgan fingerprint density at radius 3 is 1.29 bits per heavy atom. The molecule has 3 aromatic carbocycles. The van der Waals surface area contributed by atoms with Gasteiger partial charge in [-0.1, -0.05) is 78.6 Å². The summed E-state index contributed by atoms with van der Waals surface area (Å²) in [6.45, 7) is 13.3. The van der Waals surface area contributed by atoms with Gasteiger partial charge in [0.25, 0.3) is 5.69 Å². The topological polar surface area (TPSA) is 147 Å². The van der Waals surface area contributed by atoms with Crippen LogP contribution in [0.2, 0.25) is 0 Å². The van der Waals surface area contributed by atoms with E-state index in [9.17, 15) is 30.3 Å². The average molecular weight is 619 g/mol. The quantitative estimate of drug-likeness (QED) is 0.0935. The van der Waals surface area contributed by atoms with Crippen molar-refractivity contribution in [1.29, 1.82) is 0 Å². The minimum Gasteiger partial charge on any atom is -0.258 e. The molecule has 3 rings (SSSR count). The molecule has 0 heterocycles. The van der Waals surface area contributed by atoms with Gasteiger partial charge in [-0.15, -0.1) is 0 Å². The third-order valence-corrected chi connectivity index (χ3v) is 7.50. The second-order valence-electron chi connectivity index (χ2n) is 13.9. The zero-order chi connectivity index (χ0) is 33.4. The fourth-order valence-corrected chi connectivity index (χ4v) is 5.02. The van der Waals surface area contributed by atoms with Crippen molar-refractivity contribution in [3.63, 3.8) is 0 Å². The highest BCUT2D eigenvalue weighted by Crippen LogP contribution is 2.41. The van der Waals surface area contributed by atoms with Crippen molar-refractivity contribution in [2.45, 2.75) is 92.9 Å². The van der Waals surface area contributed by atoms with Gasteiger partial charge in [0.15, 0.2) is 0 Å². The van der Waals surface area contributed by atoms with Crippen LogP contribution in [-0.2, 0) is 12.8 Å². The van der Waals surface area contributed by atoms with Gasteiger partial charge in [-0.3, -0.25) is 30.3 Å². The number of nitro benzene ring substituents is 3. The summed E-state index contributed by atoms with van der Waals surface area (Å²) < 4.78 is 0. The second kappa shape index (κ2) is 15.0. The predicted molar refractivity (Wildman–Crippen MR) is 177 cm³/mol. The van der Waals surface area contributed by atoms with Crippen molar-refractivity contribution in [1.82, 2.24) is 5.43 Å².